The lowest BCUT2D eigenvalue weighted by molar-refractivity contribution is -0.129. The van der Waals surface area contributed by atoms with Crippen LogP contribution in [-0.2, 0) is 16.1 Å². The fourth-order valence-electron chi connectivity index (χ4n) is 1.85. The number of ether oxygens (including phenoxy) is 1. The van der Waals surface area contributed by atoms with Crippen LogP contribution < -0.4 is 0 Å². The summed E-state index contributed by atoms with van der Waals surface area (Å²) >= 11 is 0. The van der Waals surface area contributed by atoms with Gasteiger partial charge in [0.25, 0.3) is 0 Å². The van der Waals surface area contributed by atoms with Crippen molar-refractivity contribution in [3.05, 3.63) is 29.3 Å². The number of carbonyl (C=O) groups is 1. The Balaban J connectivity index is 2.18. The third-order valence-electron chi connectivity index (χ3n) is 2.82. The average Bonchev–Trinajstić information content (AvgIpc) is 2.63. The molecule has 1 heterocycles. The fraction of sp³-hybridized carbons (Fsp3) is 0.417. The van der Waals surface area contributed by atoms with Gasteiger partial charge in [-0.25, -0.2) is 0 Å². The highest BCUT2D eigenvalue weighted by atomic mass is 16.5. The molecule has 0 saturated carbocycles. The van der Waals surface area contributed by atoms with Crippen LogP contribution in [0.15, 0.2) is 18.2 Å². The van der Waals surface area contributed by atoms with Crippen LogP contribution in [0, 0.1) is 0 Å². The first-order chi connectivity index (χ1) is 7.59. The molecule has 1 aromatic rings. The number of hydrogen-bond donors (Lipinski definition) is 2. The molecule has 0 aromatic heterocycles. The van der Waals surface area contributed by atoms with Crippen molar-refractivity contribution < 1.29 is 19.7 Å². The topological polar surface area (TPSA) is 66.8 Å². The Kier molecular flexibility index (Phi) is 2.94. The second-order valence-corrected chi connectivity index (χ2v) is 3.99. The van der Waals surface area contributed by atoms with Crippen LogP contribution in [0.2, 0.25) is 0 Å². The van der Waals surface area contributed by atoms with Gasteiger partial charge in [-0.05, 0) is 18.6 Å². The number of benzene rings is 1. The number of aliphatic hydroxyl groups excluding tert-OH is 1. The van der Waals surface area contributed by atoms with Gasteiger partial charge in [-0.3, -0.25) is 4.79 Å². The number of ketones is 1. The predicted octanol–water partition coefficient (Wildman–Crippen LogP) is 1.30. The van der Waals surface area contributed by atoms with Crippen molar-refractivity contribution in [2.24, 2.45) is 0 Å². The van der Waals surface area contributed by atoms with Crippen molar-refractivity contribution in [1.82, 2.24) is 0 Å². The highest BCUT2D eigenvalue weighted by Crippen LogP contribution is 2.37. The van der Waals surface area contributed by atoms with Gasteiger partial charge in [0.05, 0.1) is 12.7 Å². The van der Waals surface area contributed by atoms with Crippen molar-refractivity contribution in [2.75, 3.05) is 0 Å². The van der Waals surface area contributed by atoms with Crippen molar-refractivity contribution >= 4 is 5.78 Å². The van der Waals surface area contributed by atoms with E-state index in [-0.39, 0.29) is 24.1 Å². The highest BCUT2D eigenvalue weighted by Gasteiger charge is 2.28. The number of fused-ring (bicyclic) bond motifs is 1. The third-order valence-corrected chi connectivity index (χ3v) is 2.82. The molecule has 0 spiro atoms. The Morgan fingerprint density at radius 3 is 3.06 bits per heavy atom. The van der Waals surface area contributed by atoms with Crippen LogP contribution in [0.25, 0.3) is 0 Å². The standard InChI is InChI=1S/C12H14O4/c1-7(13)11(15)5-12-8-3-2-4-10(14)9(8)6-16-12/h2-4,7,12-14H,5-6H2,1H3/t7-,12+/m1/s1. The maximum absolute atomic E-state index is 11.4. The smallest absolute Gasteiger partial charge is 0.163 e. The lowest BCUT2D eigenvalue weighted by Gasteiger charge is -2.11. The second-order valence-electron chi connectivity index (χ2n) is 3.99. The van der Waals surface area contributed by atoms with Gasteiger partial charge in [-0.2, -0.15) is 0 Å². The molecule has 0 bridgehead atoms. The second kappa shape index (κ2) is 4.23. The minimum absolute atomic E-state index is 0.147. The van der Waals surface area contributed by atoms with E-state index in [1.807, 2.05) is 6.07 Å². The van der Waals surface area contributed by atoms with Gasteiger partial charge >= 0.3 is 0 Å². The van der Waals surface area contributed by atoms with E-state index in [9.17, 15) is 9.90 Å². The summed E-state index contributed by atoms with van der Waals surface area (Å²) in [6, 6.07) is 5.16. The lowest BCUT2D eigenvalue weighted by atomic mass is 9.99. The molecule has 2 atom stereocenters. The number of phenols is 1. The number of rotatable bonds is 3. The SMILES string of the molecule is C[C@@H](O)C(=O)C[C@@H]1OCc2c(O)cccc21. The van der Waals surface area contributed by atoms with E-state index in [1.54, 1.807) is 12.1 Å². The Bertz CT molecular complexity index is 411. The Morgan fingerprint density at radius 2 is 2.38 bits per heavy atom. The number of carbonyl (C=O) groups excluding carboxylic acids is 1. The van der Waals surface area contributed by atoms with Gasteiger partial charge in [0.2, 0.25) is 0 Å². The molecule has 0 unspecified atom stereocenters. The van der Waals surface area contributed by atoms with Crippen molar-refractivity contribution in [1.29, 1.82) is 0 Å². The number of Topliss-reactive ketones (excluding diaryl/α,β-unsaturated/α-hetero) is 1. The normalized spacial score (nSPS) is 20.5. The zero-order valence-corrected chi connectivity index (χ0v) is 9.01. The maximum Gasteiger partial charge on any atom is 0.163 e. The molecule has 1 aliphatic heterocycles. The van der Waals surface area contributed by atoms with E-state index < -0.39 is 6.10 Å². The first-order valence-electron chi connectivity index (χ1n) is 5.22. The van der Waals surface area contributed by atoms with Crippen LogP contribution in [-0.4, -0.2) is 22.1 Å². The lowest BCUT2D eigenvalue weighted by Crippen LogP contribution is -2.18. The van der Waals surface area contributed by atoms with Crippen LogP contribution in [0.4, 0.5) is 0 Å². The Morgan fingerprint density at radius 1 is 1.62 bits per heavy atom. The zero-order chi connectivity index (χ0) is 11.7. The summed E-state index contributed by atoms with van der Waals surface area (Å²) in [6.45, 7) is 1.76. The molecule has 0 aliphatic carbocycles. The molecule has 16 heavy (non-hydrogen) atoms. The van der Waals surface area contributed by atoms with E-state index in [4.69, 9.17) is 9.84 Å². The van der Waals surface area contributed by atoms with Gasteiger partial charge in [-0.1, -0.05) is 12.1 Å². The zero-order valence-electron chi connectivity index (χ0n) is 9.01. The number of aromatic hydroxyl groups is 1. The predicted molar refractivity (Wildman–Crippen MR) is 56.9 cm³/mol. The van der Waals surface area contributed by atoms with Crippen LogP contribution in [0.1, 0.15) is 30.6 Å². The Hall–Kier alpha value is -1.39. The van der Waals surface area contributed by atoms with Crippen LogP contribution in [0.5, 0.6) is 5.75 Å². The molecule has 4 nitrogen and oxygen atoms in total. The number of aliphatic hydroxyl groups is 1. The third kappa shape index (κ3) is 1.94. The summed E-state index contributed by atoms with van der Waals surface area (Å²) < 4.78 is 5.43. The largest absolute Gasteiger partial charge is 0.508 e. The molecular formula is C12H14O4. The average molecular weight is 222 g/mol. The van der Waals surface area contributed by atoms with E-state index in [1.165, 1.54) is 6.92 Å². The molecule has 4 heteroatoms. The number of hydrogen-bond acceptors (Lipinski definition) is 4. The Labute approximate surface area is 93.5 Å². The monoisotopic (exact) mass is 222 g/mol. The fourth-order valence-corrected chi connectivity index (χ4v) is 1.85. The quantitative estimate of drug-likeness (QED) is 0.809. The summed E-state index contributed by atoms with van der Waals surface area (Å²) in [7, 11) is 0. The van der Waals surface area contributed by atoms with E-state index in [0.29, 0.717) is 6.61 Å². The molecule has 0 saturated heterocycles. The summed E-state index contributed by atoms with van der Waals surface area (Å²) in [5.41, 5.74) is 1.58. The van der Waals surface area contributed by atoms with Crippen molar-refractivity contribution in [2.45, 2.75) is 32.2 Å². The minimum atomic E-state index is -0.968. The van der Waals surface area contributed by atoms with Gasteiger partial charge < -0.3 is 14.9 Å². The van der Waals surface area contributed by atoms with Gasteiger partial charge in [0, 0.05) is 12.0 Å². The molecule has 2 N–H and O–H groups in total. The van der Waals surface area contributed by atoms with Crippen LogP contribution in [0.3, 0.4) is 0 Å². The van der Waals surface area contributed by atoms with Gasteiger partial charge in [0.15, 0.2) is 5.78 Å². The van der Waals surface area contributed by atoms with Crippen molar-refractivity contribution in [3.8, 4) is 5.75 Å². The molecule has 1 aliphatic rings. The summed E-state index contributed by atoms with van der Waals surface area (Å²) in [5, 5.41) is 18.7. The molecule has 0 amide bonds. The first-order valence-corrected chi connectivity index (χ1v) is 5.22. The molecule has 2 rings (SSSR count). The first kappa shape index (κ1) is 11.1. The highest BCUT2D eigenvalue weighted by molar-refractivity contribution is 5.83. The minimum Gasteiger partial charge on any atom is -0.508 e. The molecular weight excluding hydrogens is 208 g/mol. The van der Waals surface area contributed by atoms with Gasteiger partial charge in [-0.15, -0.1) is 0 Å². The summed E-state index contributed by atoms with van der Waals surface area (Å²) in [4.78, 5) is 11.4. The van der Waals surface area contributed by atoms with E-state index >= 15 is 0 Å². The van der Waals surface area contributed by atoms with Crippen LogP contribution >= 0.6 is 0 Å². The molecule has 1 aromatic carbocycles. The van der Waals surface area contributed by atoms with Gasteiger partial charge in [0.1, 0.15) is 11.9 Å². The number of phenolic OH excluding ortho intramolecular Hbond substituents is 1. The summed E-state index contributed by atoms with van der Waals surface area (Å²) in [5.74, 6) is -0.0503. The van der Waals surface area contributed by atoms with E-state index in [2.05, 4.69) is 0 Å². The van der Waals surface area contributed by atoms with Crippen molar-refractivity contribution in [3.63, 3.8) is 0 Å². The summed E-state index contributed by atoms with van der Waals surface area (Å²) in [6.07, 6.45) is -1.16. The van der Waals surface area contributed by atoms with E-state index in [0.717, 1.165) is 11.1 Å². The molecule has 0 radical (unpaired) electrons. The molecule has 0 fully saturated rings. The maximum atomic E-state index is 11.4. The molecule has 86 valence electrons.